The van der Waals surface area contributed by atoms with Crippen LogP contribution in [0.25, 0.3) is 0 Å². The second-order valence-electron chi connectivity index (χ2n) is 3.29. The van der Waals surface area contributed by atoms with Gasteiger partial charge in [-0.2, -0.15) is 18.4 Å². The minimum atomic E-state index is -4.51. The van der Waals surface area contributed by atoms with Gasteiger partial charge in [0.1, 0.15) is 5.69 Å². The molecule has 0 saturated carbocycles. The Bertz CT molecular complexity index is 388. The molecule has 16 heavy (non-hydrogen) atoms. The maximum atomic E-state index is 12.7. The molecule has 88 valence electrons. The Morgan fingerprint density at radius 3 is 2.62 bits per heavy atom. The van der Waals surface area contributed by atoms with Crippen LogP contribution in [0.5, 0.6) is 0 Å². The van der Waals surface area contributed by atoms with E-state index in [2.05, 4.69) is 10.3 Å². The van der Waals surface area contributed by atoms with E-state index in [-0.39, 0.29) is 18.7 Å². The molecule has 4 nitrogen and oxygen atoms in total. The third-order valence-electron chi connectivity index (χ3n) is 2.04. The highest BCUT2D eigenvalue weighted by Gasteiger charge is 2.38. The summed E-state index contributed by atoms with van der Waals surface area (Å²) in [6.07, 6.45) is -3.52. The third kappa shape index (κ3) is 2.72. The van der Waals surface area contributed by atoms with Gasteiger partial charge in [-0.15, -0.1) is 5.10 Å². The van der Waals surface area contributed by atoms with Crippen molar-refractivity contribution >= 4 is 0 Å². The molecule has 1 heterocycles. The number of rotatable bonds is 4. The molecule has 1 rings (SSSR count). The van der Waals surface area contributed by atoms with Gasteiger partial charge in [0.05, 0.1) is 12.5 Å². The fourth-order valence-corrected chi connectivity index (χ4v) is 1.32. The predicted molar refractivity (Wildman–Crippen MR) is 49.2 cm³/mol. The first-order valence-corrected chi connectivity index (χ1v) is 4.87. The Balaban J connectivity index is 3.05. The van der Waals surface area contributed by atoms with Gasteiger partial charge in [0.15, 0.2) is 5.69 Å². The van der Waals surface area contributed by atoms with E-state index in [9.17, 15) is 13.2 Å². The smallest absolute Gasteiger partial charge is 0.240 e. The Morgan fingerprint density at radius 1 is 1.44 bits per heavy atom. The summed E-state index contributed by atoms with van der Waals surface area (Å²) < 4.78 is 38.9. The van der Waals surface area contributed by atoms with Crippen LogP contribution in [0, 0.1) is 11.3 Å². The summed E-state index contributed by atoms with van der Waals surface area (Å²) in [5.74, 6) is 0. The Labute approximate surface area is 90.7 Å². The maximum absolute atomic E-state index is 12.7. The lowest BCUT2D eigenvalue weighted by molar-refractivity contribution is -0.144. The molecular formula is C9H11F3N4. The van der Waals surface area contributed by atoms with Crippen molar-refractivity contribution in [2.24, 2.45) is 0 Å². The van der Waals surface area contributed by atoms with E-state index in [1.165, 1.54) is 0 Å². The average molecular weight is 232 g/mol. The molecule has 1 aromatic heterocycles. The van der Waals surface area contributed by atoms with E-state index < -0.39 is 11.9 Å². The molecule has 0 bridgehead atoms. The van der Waals surface area contributed by atoms with Crippen molar-refractivity contribution in [3.63, 3.8) is 0 Å². The molecule has 0 aliphatic rings. The van der Waals surface area contributed by atoms with Crippen LogP contribution >= 0.6 is 0 Å². The highest BCUT2D eigenvalue weighted by Crippen LogP contribution is 2.31. The molecule has 0 saturated heterocycles. The molecule has 0 atom stereocenters. The number of nitrogens with zero attached hydrogens (tertiary/aromatic N) is 4. The van der Waals surface area contributed by atoms with E-state index in [1.54, 1.807) is 6.07 Å². The van der Waals surface area contributed by atoms with Gasteiger partial charge in [0, 0.05) is 6.54 Å². The van der Waals surface area contributed by atoms with Gasteiger partial charge in [-0.05, 0) is 6.42 Å². The van der Waals surface area contributed by atoms with Crippen molar-refractivity contribution in [1.82, 2.24) is 15.0 Å². The first kappa shape index (κ1) is 12.5. The zero-order valence-electron chi connectivity index (χ0n) is 8.75. The summed E-state index contributed by atoms with van der Waals surface area (Å²) in [6, 6.07) is 1.65. The van der Waals surface area contributed by atoms with Crippen LogP contribution in [0.4, 0.5) is 13.2 Å². The summed E-state index contributed by atoms with van der Waals surface area (Å²) in [7, 11) is 0. The van der Waals surface area contributed by atoms with Gasteiger partial charge < -0.3 is 0 Å². The molecule has 0 aromatic carbocycles. The number of unbranched alkanes of at least 4 members (excludes halogenated alkanes) is 1. The first-order chi connectivity index (χ1) is 7.50. The molecule has 0 spiro atoms. The molecule has 0 aliphatic heterocycles. The van der Waals surface area contributed by atoms with Crippen molar-refractivity contribution in [1.29, 1.82) is 5.26 Å². The number of aromatic nitrogens is 3. The minimum absolute atomic E-state index is 0.170. The first-order valence-electron chi connectivity index (χ1n) is 4.87. The third-order valence-corrected chi connectivity index (χ3v) is 2.04. The molecular weight excluding hydrogens is 221 g/mol. The summed E-state index contributed by atoms with van der Waals surface area (Å²) in [4.78, 5) is 0. The van der Waals surface area contributed by atoms with E-state index in [4.69, 9.17) is 5.26 Å². The maximum Gasteiger partial charge on any atom is 0.434 e. The molecule has 1 aromatic rings. The van der Waals surface area contributed by atoms with Crippen LogP contribution in [-0.2, 0) is 19.1 Å². The van der Waals surface area contributed by atoms with Crippen LogP contribution in [-0.4, -0.2) is 15.0 Å². The van der Waals surface area contributed by atoms with E-state index in [1.807, 2.05) is 6.92 Å². The molecule has 0 amide bonds. The Hall–Kier alpha value is -1.58. The van der Waals surface area contributed by atoms with Crippen LogP contribution < -0.4 is 0 Å². The molecule has 0 radical (unpaired) electrons. The molecule has 0 aliphatic carbocycles. The summed E-state index contributed by atoms with van der Waals surface area (Å²) in [6.45, 7) is 2.05. The summed E-state index contributed by atoms with van der Waals surface area (Å²) in [5.41, 5.74) is -1.20. The van der Waals surface area contributed by atoms with Gasteiger partial charge in [-0.25, -0.2) is 4.68 Å². The lowest BCUT2D eigenvalue weighted by Gasteiger charge is -2.09. The summed E-state index contributed by atoms with van der Waals surface area (Å²) >= 11 is 0. The highest BCUT2D eigenvalue weighted by atomic mass is 19.4. The number of aryl methyl sites for hydroxylation is 1. The second kappa shape index (κ2) is 4.96. The zero-order chi connectivity index (χ0) is 12.2. The van der Waals surface area contributed by atoms with Gasteiger partial charge in [-0.3, -0.25) is 0 Å². The number of alkyl halides is 3. The number of hydrogen-bond acceptors (Lipinski definition) is 3. The predicted octanol–water partition coefficient (Wildman–Crippen LogP) is 2.16. The van der Waals surface area contributed by atoms with Crippen LogP contribution in [0.2, 0.25) is 0 Å². The van der Waals surface area contributed by atoms with Crippen molar-refractivity contribution in [2.45, 2.75) is 38.9 Å². The van der Waals surface area contributed by atoms with Gasteiger partial charge in [0.2, 0.25) is 0 Å². The van der Waals surface area contributed by atoms with Crippen molar-refractivity contribution in [2.75, 3.05) is 0 Å². The standard InChI is InChI=1S/C9H11F3N4/c1-2-3-6-16-8(9(10,11)12)7(4-5-13)14-15-16/h2-4,6H2,1H3. The van der Waals surface area contributed by atoms with Crippen LogP contribution in [0.3, 0.4) is 0 Å². The Kier molecular flexibility index (Phi) is 3.88. The SMILES string of the molecule is CCCCn1nnc(CC#N)c1C(F)(F)F. The second-order valence-corrected chi connectivity index (χ2v) is 3.29. The number of halogens is 3. The highest BCUT2D eigenvalue weighted by molar-refractivity contribution is 5.17. The van der Waals surface area contributed by atoms with E-state index >= 15 is 0 Å². The van der Waals surface area contributed by atoms with Gasteiger partial charge in [0.25, 0.3) is 0 Å². The number of nitriles is 1. The largest absolute Gasteiger partial charge is 0.434 e. The van der Waals surface area contributed by atoms with Crippen molar-refractivity contribution in [3.8, 4) is 6.07 Å². The fourth-order valence-electron chi connectivity index (χ4n) is 1.32. The van der Waals surface area contributed by atoms with Gasteiger partial charge >= 0.3 is 6.18 Å². The molecule has 0 fully saturated rings. The fraction of sp³-hybridized carbons (Fsp3) is 0.667. The van der Waals surface area contributed by atoms with Crippen LogP contribution in [0.15, 0.2) is 0 Å². The lowest BCUT2D eigenvalue weighted by atomic mass is 10.2. The normalized spacial score (nSPS) is 11.4. The van der Waals surface area contributed by atoms with Crippen molar-refractivity contribution in [3.05, 3.63) is 11.4 Å². The molecule has 0 unspecified atom stereocenters. The van der Waals surface area contributed by atoms with E-state index in [0.717, 1.165) is 11.1 Å². The van der Waals surface area contributed by atoms with Crippen molar-refractivity contribution < 1.29 is 13.2 Å². The molecule has 0 N–H and O–H groups in total. The van der Waals surface area contributed by atoms with Gasteiger partial charge in [-0.1, -0.05) is 18.6 Å². The number of hydrogen-bond donors (Lipinski definition) is 0. The lowest BCUT2D eigenvalue weighted by Crippen LogP contribution is -2.16. The zero-order valence-corrected chi connectivity index (χ0v) is 8.75. The Morgan fingerprint density at radius 2 is 2.12 bits per heavy atom. The molecule has 7 heteroatoms. The van der Waals surface area contributed by atoms with E-state index in [0.29, 0.717) is 6.42 Å². The van der Waals surface area contributed by atoms with Crippen LogP contribution in [0.1, 0.15) is 31.2 Å². The summed E-state index contributed by atoms with van der Waals surface area (Å²) in [5, 5.41) is 15.2. The monoisotopic (exact) mass is 232 g/mol. The topological polar surface area (TPSA) is 54.5 Å². The minimum Gasteiger partial charge on any atom is -0.240 e. The quantitative estimate of drug-likeness (QED) is 0.799. The average Bonchev–Trinajstić information content (AvgIpc) is 2.58.